The van der Waals surface area contributed by atoms with Gasteiger partial charge in [-0.05, 0) is 37.7 Å². The summed E-state index contributed by atoms with van der Waals surface area (Å²) in [5.74, 6) is -4.34. The number of phosphoric acid groups is 2. The Balaban J connectivity index is 1.87. The molecule has 390 valence electrons. The fourth-order valence-electron chi connectivity index (χ4n) is 8.05. The Hall–Kier alpha value is -2.91. The second-order valence-corrected chi connectivity index (χ2v) is 21.3. The minimum atomic E-state index is -5.70. The highest BCUT2D eigenvalue weighted by atomic mass is 31.3. The summed E-state index contributed by atoms with van der Waals surface area (Å²) in [5.41, 5.74) is 4.77. The molecule has 2 fully saturated rings. The molecule has 23 heteroatoms. The minimum absolute atomic E-state index is 0.0573. The van der Waals surface area contributed by atoms with Gasteiger partial charge in [-0.3, -0.25) is 28.0 Å². The zero-order chi connectivity index (χ0) is 50.3. The fraction of sp³-hybridized carbons (Fsp3) is 0.800. The summed E-state index contributed by atoms with van der Waals surface area (Å²) in [5, 5.41) is 45.6. The first-order valence-corrected chi connectivity index (χ1v) is 27.2. The first-order valence-electron chi connectivity index (χ1n) is 24.2. The Morgan fingerprint density at radius 3 is 2.24 bits per heavy atom. The van der Waals surface area contributed by atoms with E-state index in [9.17, 15) is 58.5 Å². The largest absolute Gasteiger partial charge is 0.481 e. The molecule has 0 saturated carbocycles. The van der Waals surface area contributed by atoms with Crippen LogP contribution in [0, 0.1) is 17.8 Å². The third-order valence-electron chi connectivity index (χ3n) is 11.9. The van der Waals surface area contributed by atoms with E-state index >= 15 is 0 Å². The molecule has 2 unspecified atom stereocenters. The number of Topliss-reactive ketones (excluding diaryl/α,β-unsaturated/α-hetero) is 1. The lowest BCUT2D eigenvalue weighted by Crippen LogP contribution is -2.51. The number of nitrogens with zero attached hydrogens (tertiary/aromatic N) is 2. The minimum Gasteiger partial charge on any atom is -0.462 e. The third-order valence-corrected chi connectivity index (χ3v) is 14.5. The zero-order valence-electron chi connectivity index (χ0n) is 39.8. The smallest absolute Gasteiger partial charge is 0.462 e. The van der Waals surface area contributed by atoms with E-state index < -0.39 is 120 Å². The van der Waals surface area contributed by atoms with Crippen LogP contribution in [-0.4, -0.2) is 114 Å². The first kappa shape index (κ1) is 59.4. The van der Waals surface area contributed by atoms with Crippen molar-refractivity contribution in [1.29, 1.82) is 0 Å². The number of cyclic esters (lactones) is 1. The van der Waals surface area contributed by atoms with Gasteiger partial charge in [0.05, 0.1) is 37.4 Å². The molecule has 8 N–H and O–H groups in total. The standard InChI is InChI=1S/C45H77N3O18P2/c1-4-5-13-19-32(49)23-24-34-36(50)27-37(51)35-20-15-11-12-17-22-41(53)64-33(28-61-40(52)21-16-10-8-6-7-9-14-18-31(2)3)29-62-67(57,58)66-68(59,60)63-30-38(43(55)42(34)54)65-44(35)48-26-25-39(46)47-45(48)56/h23-26,31-35,37-38,42-44,49,51,54-55H,4-22,27-30H2,1-3H3,(H,57,58)(H,59,60)(H2,46,47,56)/t32-,33+,34-,35-,37-,38+,42-,43+,44+/m0/s1. The molecule has 2 bridgehead atoms. The van der Waals surface area contributed by atoms with Crippen molar-refractivity contribution in [3.63, 3.8) is 0 Å². The monoisotopic (exact) mass is 1010 g/mol. The maximum absolute atomic E-state index is 13.9. The second-order valence-electron chi connectivity index (χ2n) is 18.2. The SMILES string of the molecule is CCCCC[C@H](O)C=C[C@H]1C(=O)C[C@H](O)[C@@H]2CCCCCCC(=O)O[C@H](COC(=O)CCCCCCCCCC(C)C)COP(=O)(O)OP(=O)(O)OC[C@@H](O[C@H]2n2ccc(N)nc2=O)[C@@H](O)[C@H]1O. The average Bonchev–Trinajstić information content (AvgIpc) is 3.25. The Morgan fingerprint density at radius 2 is 1.56 bits per heavy atom. The van der Waals surface area contributed by atoms with Gasteiger partial charge < -0.3 is 50.2 Å². The van der Waals surface area contributed by atoms with Gasteiger partial charge in [-0.15, -0.1) is 0 Å². The van der Waals surface area contributed by atoms with Gasteiger partial charge in [0, 0.05) is 31.4 Å². The number of ether oxygens (including phenoxy) is 3. The van der Waals surface area contributed by atoms with Crippen LogP contribution in [0.2, 0.25) is 0 Å². The number of aliphatic hydroxyl groups excluding tert-OH is 4. The molecule has 11 atom stereocenters. The van der Waals surface area contributed by atoms with Crippen LogP contribution in [0.1, 0.15) is 155 Å². The molecular formula is C45H77N3O18P2. The number of unbranched alkanes of at least 4 members (excludes halogenated alkanes) is 8. The second kappa shape index (κ2) is 30.7. The van der Waals surface area contributed by atoms with Crippen molar-refractivity contribution in [3.05, 3.63) is 34.9 Å². The van der Waals surface area contributed by atoms with Crippen molar-refractivity contribution in [2.45, 2.75) is 192 Å². The van der Waals surface area contributed by atoms with Gasteiger partial charge in [0.1, 0.15) is 36.6 Å². The van der Waals surface area contributed by atoms with E-state index in [1.807, 2.05) is 6.92 Å². The van der Waals surface area contributed by atoms with E-state index in [2.05, 4.69) is 23.1 Å². The van der Waals surface area contributed by atoms with Crippen LogP contribution < -0.4 is 11.4 Å². The molecule has 0 aromatic carbocycles. The maximum Gasteiger partial charge on any atom is 0.481 e. The quantitative estimate of drug-likeness (QED) is 0.0377. The van der Waals surface area contributed by atoms with E-state index in [0.717, 1.165) is 49.5 Å². The van der Waals surface area contributed by atoms with Crippen LogP contribution >= 0.6 is 15.6 Å². The van der Waals surface area contributed by atoms with Crippen LogP contribution in [0.25, 0.3) is 0 Å². The lowest BCUT2D eigenvalue weighted by Gasteiger charge is -2.39. The van der Waals surface area contributed by atoms with Crippen molar-refractivity contribution in [3.8, 4) is 0 Å². The van der Waals surface area contributed by atoms with Gasteiger partial charge in [-0.25, -0.2) is 13.9 Å². The van der Waals surface area contributed by atoms with Gasteiger partial charge >= 0.3 is 33.3 Å². The van der Waals surface area contributed by atoms with Gasteiger partial charge in [-0.2, -0.15) is 9.29 Å². The van der Waals surface area contributed by atoms with E-state index in [4.69, 9.17) is 29.0 Å². The number of phosphoric ester groups is 2. The van der Waals surface area contributed by atoms with Crippen molar-refractivity contribution in [2.75, 3.05) is 25.6 Å². The summed E-state index contributed by atoms with van der Waals surface area (Å²) in [6.07, 6.45) is 3.49. The summed E-state index contributed by atoms with van der Waals surface area (Å²) >= 11 is 0. The van der Waals surface area contributed by atoms with Crippen LogP contribution in [-0.2, 0) is 51.1 Å². The van der Waals surface area contributed by atoms with Crippen molar-refractivity contribution in [2.24, 2.45) is 17.8 Å². The molecule has 0 radical (unpaired) electrons. The molecule has 3 rings (SSSR count). The van der Waals surface area contributed by atoms with E-state index in [-0.39, 0.29) is 31.5 Å². The topological polar surface area (TPSA) is 323 Å². The molecule has 0 aliphatic carbocycles. The maximum atomic E-state index is 13.9. The molecule has 3 heterocycles. The summed E-state index contributed by atoms with van der Waals surface area (Å²) < 4.78 is 58.8. The number of carbonyl (C=O) groups is 3. The number of esters is 2. The van der Waals surface area contributed by atoms with Gasteiger partial charge in [-0.1, -0.05) is 116 Å². The molecule has 21 nitrogen and oxygen atoms in total. The van der Waals surface area contributed by atoms with Crippen molar-refractivity contribution >= 4 is 39.2 Å². The highest BCUT2D eigenvalue weighted by molar-refractivity contribution is 7.61. The lowest BCUT2D eigenvalue weighted by atomic mass is 9.83. The zero-order valence-corrected chi connectivity index (χ0v) is 41.6. The number of hydrogen-bond acceptors (Lipinski definition) is 18. The Bertz CT molecular complexity index is 1870. The van der Waals surface area contributed by atoms with Crippen LogP contribution in [0.15, 0.2) is 29.2 Å². The van der Waals surface area contributed by atoms with Crippen molar-refractivity contribution < 1.29 is 81.3 Å². The number of aromatic nitrogens is 2. The summed E-state index contributed by atoms with van der Waals surface area (Å²) in [6.45, 7) is 3.68. The normalized spacial score (nSPS) is 30.5. The predicted octanol–water partition coefficient (Wildman–Crippen LogP) is 5.72. The fourth-order valence-corrected chi connectivity index (χ4v) is 10.2. The number of nitrogens with two attached hydrogens (primary N) is 1. The third kappa shape index (κ3) is 22.4. The number of carbonyl (C=O) groups excluding carboxylic acids is 3. The van der Waals surface area contributed by atoms with E-state index in [1.165, 1.54) is 37.3 Å². The van der Waals surface area contributed by atoms with Crippen LogP contribution in [0.4, 0.5) is 5.82 Å². The van der Waals surface area contributed by atoms with Gasteiger partial charge in [0.25, 0.3) is 0 Å². The number of rotatable bonds is 19. The van der Waals surface area contributed by atoms with E-state index in [0.29, 0.717) is 44.4 Å². The number of nitrogen functional groups attached to an aromatic ring is 1. The van der Waals surface area contributed by atoms with Crippen LogP contribution in [0.5, 0.6) is 0 Å². The number of fused-ring (bicyclic) bond motifs is 3. The Kier molecular flexibility index (Phi) is 26.9. The number of aliphatic hydroxyl groups is 4. The lowest BCUT2D eigenvalue weighted by molar-refractivity contribution is -0.188. The Labute approximate surface area is 399 Å². The molecule has 1 aromatic heterocycles. The average molecular weight is 1010 g/mol. The molecule has 68 heavy (non-hydrogen) atoms. The number of ketones is 1. The molecule has 2 aliphatic heterocycles. The van der Waals surface area contributed by atoms with Gasteiger partial charge in [0.15, 0.2) is 6.10 Å². The van der Waals surface area contributed by atoms with Crippen molar-refractivity contribution in [1.82, 2.24) is 9.55 Å². The highest BCUT2D eigenvalue weighted by Gasteiger charge is 2.45. The Morgan fingerprint density at radius 1 is 0.912 bits per heavy atom. The van der Waals surface area contributed by atoms with Crippen LogP contribution in [0.3, 0.4) is 0 Å². The summed E-state index contributed by atoms with van der Waals surface area (Å²) in [7, 11) is -11.3. The molecule has 1 aromatic rings. The number of hydrogen-bond donors (Lipinski definition) is 7. The summed E-state index contributed by atoms with van der Waals surface area (Å²) in [4.78, 5) is 77.8. The van der Waals surface area contributed by atoms with E-state index in [1.54, 1.807) is 0 Å². The molecule has 2 aliphatic rings. The molecular weight excluding hydrogens is 932 g/mol. The highest BCUT2D eigenvalue weighted by Crippen LogP contribution is 2.60. The predicted molar refractivity (Wildman–Crippen MR) is 248 cm³/mol. The molecule has 0 amide bonds. The number of anilines is 1. The molecule has 2 saturated heterocycles. The molecule has 0 spiro atoms. The first-order chi connectivity index (χ1) is 32.2. The summed E-state index contributed by atoms with van der Waals surface area (Å²) in [6, 6.07) is 1.24. The van der Waals surface area contributed by atoms with Gasteiger partial charge in [0.2, 0.25) is 0 Å².